The van der Waals surface area contributed by atoms with E-state index in [4.69, 9.17) is 4.74 Å². The Labute approximate surface area is 179 Å². The van der Waals surface area contributed by atoms with Crippen LogP contribution in [0.3, 0.4) is 0 Å². The molecule has 0 aliphatic carbocycles. The Morgan fingerprint density at radius 3 is 2.80 bits per heavy atom. The molecule has 2 aromatic rings. The third kappa shape index (κ3) is 4.38. The average molecular weight is 423 g/mol. The normalized spacial score (nSPS) is 16.5. The molecule has 0 fully saturated rings. The Balaban J connectivity index is 1.35. The van der Waals surface area contributed by atoms with Crippen LogP contribution in [0.25, 0.3) is 0 Å². The molecule has 0 unspecified atom stereocenters. The first kappa shape index (κ1) is 20.2. The van der Waals surface area contributed by atoms with Crippen LogP contribution in [0.2, 0.25) is 0 Å². The predicted molar refractivity (Wildman–Crippen MR) is 119 cm³/mol. The minimum atomic E-state index is -0.360. The van der Waals surface area contributed by atoms with Gasteiger partial charge in [-0.25, -0.2) is 14.8 Å². The van der Waals surface area contributed by atoms with E-state index in [1.165, 1.54) is 11.8 Å². The zero-order chi connectivity index (χ0) is 20.9. The number of ether oxygens (including phenoxy) is 1. The molecular formula is C22H22N4O3S. The number of amidine groups is 1. The summed E-state index contributed by atoms with van der Waals surface area (Å²) in [6.07, 6.45) is 3.49. The second-order valence-corrected chi connectivity index (χ2v) is 7.84. The van der Waals surface area contributed by atoms with E-state index >= 15 is 0 Å². The number of hydrazone groups is 1. The first-order valence-electron chi connectivity index (χ1n) is 9.85. The molecule has 2 aromatic carbocycles. The average Bonchev–Trinajstić information content (AvgIpc) is 3.27. The van der Waals surface area contributed by atoms with Gasteiger partial charge in [-0.15, -0.1) is 0 Å². The summed E-state index contributed by atoms with van der Waals surface area (Å²) >= 11 is 1.36. The molecule has 8 heteroatoms. The second-order valence-electron chi connectivity index (χ2n) is 6.90. The van der Waals surface area contributed by atoms with Crippen LogP contribution in [0.4, 0.5) is 11.4 Å². The van der Waals surface area contributed by atoms with Gasteiger partial charge < -0.3 is 10.1 Å². The fourth-order valence-electron chi connectivity index (χ4n) is 3.28. The number of nitrogens with one attached hydrogen (secondary N) is 1. The SMILES string of the molecule is CCCOC(=O)c1ccc(NC(=O)CSC2=Nc3ccccc3[C@@H]3CC=NN23)cc1. The van der Waals surface area contributed by atoms with Crippen LogP contribution < -0.4 is 5.32 Å². The third-order valence-electron chi connectivity index (χ3n) is 4.71. The van der Waals surface area contributed by atoms with E-state index in [-0.39, 0.29) is 23.7 Å². The third-order valence-corrected chi connectivity index (χ3v) is 5.65. The summed E-state index contributed by atoms with van der Waals surface area (Å²) in [6.45, 7) is 2.34. The Bertz CT molecular complexity index is 1000. The van der Waals surface area contributed by atoms with Gasteiger partial charge in [-0.05, 0) is 36.8 Å². The highest BCUT2D eigenvalue weighted by atomic mass is 32.2. The molecule has 1 atom stereocenters. The van der Waals surface area contributed by atoms with Crippen molar-refractivity contribution >= 4 is 46.4 Å². The number of nitrogens with zero attached hydrogens (tertiary/aromatic N) is 3. The number of carbonyl (C=O) groups excluding carboxylic acids is 2. The molecule has 0 aromatic heterocycles. The van der Waals surface area contributed by atoms with E-state index in [1.807, 2.05) is 36.3 Å². The monoisotopic (exact) mass is 422 g/mol. The number of para-hydroxylation sites is 1. The fraction of sp³-hybridized carbons (Fsp3) is 0.273. The summed E-state index contributed by atoms with van der Waals surface area (Å²) in [4.78, 5) is 29.0. The molecule has 0 bridgehead atoms. The predicted octanol–water partition coefficient (Wildman–Crippen LogP) is 4.36. The van der Waals surface area contributed by atoms with Crippen molar-refractivity contribution in [2.75, 3.05) is 17.7 Å². The van der Waals surface area contributed by atoms with Crippen LogP contribution in [0.5, 0.6) is 0 Å². The molecule has 1 amide bonds. The summed E-state index contributed by atoms with van der Waals surface area (Å²) < 4.78 is 5.10. The highest BCUT2D eigenvalue weighted by molar-refractivity contribution is 8.14. The number of carbonyl (C=O) groups is 2. The van der Waals surface area contributed by atoms with E-state index in [0.29, 0.717) is 17.9 Å². The Kier molecular flexibility index (Phi) is 6.13. The molecule has 154 valence electrons. The largest absolute Gasteiger partial charge is 0.462 e. The highest BCUT2D eigenvalue weighted by Gasteiger charge is 2.32. The summed E-state index contributed by atoms with van der Waals surface area (Å²) in [5, 5.41) is 9.88. The van der Waals surface area contributed by atoms with Crippen molar-refractivity contribution in [3.8, 4) is 0 Å². The van der Waals surface area contributed by atoms with E-state index in [1.54, 1.807) is 24.3 Å². The summed E-state index contributed by atoms with van der Waals surface area (Å²) in [7, 11) is 0. The molecule has 0 radical (unpaired) electrons. The molecule has 0 spiro atoms. The lowest BCUT2D eigenvalue weighted by Gasteiger charge is -2.29. The van der Waals surface area contributed by atoms with Crippen LogP contribution in [0.1, 0.15) is 41.7 Å². The maximum atomic E-state index is 12.4. The number of fused-ring (bicyclic) bond motifs is 3. The quantitative estimate of drug-likeness (QED) is 0.700. The number of thioether (sulfide) groups is 1. The smallest absolute Gasteiger partial charge is 0.338 e. The van der Waals surface area contributed by atoms with Crippen LogP contribution in [-0.4, -0.2) is 40.6 Å². The van der Waals surface area contributed by atoms with Gasteiger partial charge in [-0.3, -0.25) is 4.79 Å². The molecule has 1 N–H and O–H groups in total. The zero-order valence-electron chi connectivity index (χ0n) is 16.6. The first-order chi connectivity index (χ1) is 14.7. The zero-order valence-corrected chi connectivity index (χ0v) is 17.4. The molecule has 2 aliphatic rings. The van der Waals surface area contributed by atoms with Gasteiger partial charge in [0.1, 0.15) is 0 Å². The summed E-state index contributed by atoms with van der Waals surface area (Å²) in [5.74, 6) is -0.302. The number of hydrogen-bond donors (Lipinski definition) is 1. The number of hydrogen-bond acceptors (Lipinski definition) is 7. The van der Waals surface area contributed by atoms with Crippen LogP contribution in [-0.2, 0) is 9.53 Å². The Hall–Kier alpha value is -3.13. The maximum Gasteiger partial charge on any atom is 0.338 e. The highest BCUT2D eigenvalue weighted by Crippen LogP contribution is 2.40. The van der Waals surface area contributed by atoms with Crippen molar-refractivity contribution < 1.29 is 14.3 Å². The van der Waals surface area contributed by atoms with Crippen molar-refractivity contribution in [3.63, 3.8) is 0 Å². The van der Waals surface area contributed by atoms with E-state index < -0.39 is 0 Å². The Morgan fingerprint density at radius 2 is 2.00 bits per heavy atom. The van der Waals surface area contributed by atoms with E-state index in [0.717, 1.165) is 29.3 Å². The van der Waals surface area contributed by atoms with Crippen LogP contribution >= 0.6 is 11.8 Å². The van der Waals surface area contributed by atoms with E-state index in [2.05, 4.69) is 21.5 Å². The van der Waals surface area contributed by atoms with Crippen LogP contribution in [0.15, 0.2) is 58.6 Å². The van der Waals surface area contributed by atoms with Crippen LogP contribution in [0, 0.1) is 0 Å². The van der Waals surface area contributed by atoms with Crippen molar-refractivity contribution in [1.29, 1.82) is 0 Å². The number of amides is 1. The first-order valence-corrected chi connectivity index (χ1v) is 10.8. The molecule has 2 aliphatic heterocycles. The molecule has 30 heavy (non-hydrogen) atoms. The number of esters is 1. The Morgan fingerprint density at radius 1 is 1.20 bits per heavy atom. The summed E-state index contributed by atoms with van der Waals surface area (Å²) in [5.41, 5.74) is 3.17. The molecule has 7 nitrogen and oxygen atoms in total. The van der Waals surface area contributed by atoms with Gasteiger partial charge in [0.2, 0.25) is 5.91 Å². The molecule has 0 saturated carbocycles. The fourth-order valence-corrected chi connectivity index (χ4v) is 4.08. The standard InChI is InChI=1S/C22H22N4O3S/c1-2-13-29-21(28)15-7-9-16(10-8-15)24-20(27)14-30-22-25-18-6-4-3-5-17(18)19-11-12-23-26(19)22/h3-10,12,19H,2,11,13-14H2,1H3,(H,24,27)/t19-/m0/s1. The van der Waals surface area contributed by atoms with Gasteiger partial charge in [0.25, 0.3) is 0 Å². The number of anilines is 1. The molecule has 4 rings (SSSR count). The lowest BCUT2D eigenvalue weighted by atomic mass is 10.0. The molecule has 2 heterocycles. The minimum absolute atomic E-state index is 0.143. The van der Waals surface area contributed by atoms with Gasteiger partial charge in [-0.1, -0.05) is 36.9 Å². The lowest BCUT2D eigenvalue weighted by molar-refractivity contribution is -0.113. The summed E-state index contributed by atoms with van der Waals surface area (Å²) in [6, 6.07) is 14.8. The number of rotatable bonds is 6. The van der Waals surface area contributed by atoms with Gasteiger partial charge >= 0.3 is 5.97 Å². The maximum absolute atomic E-state index is 12.4. The van der Waals surface area contributed by atoms with Crippen molar-refractivity contribution in [2.24, 2.45) is 10.1 Å². The van der Waals surface area contributed by atoms with Crippen molar-refractivity contribution in [2.45, 2.75) is 25.8 Å². The van der Waals surface area contributed by atoms with Crippen molar-refractivity contribution in [3.05, 3.63) is 59.7 Å². The molecule has 0 saturated heterocycles. The second kappa shape index (κ2) is 9.13. The van der Waals surface area contributed by atoms with Crippen molar-refractivity contribution in [1.82, 2.24) is 5.01 Å². The van der Waals surface area contributed by atoms with Gasteiger partial charge in [0.15, 0.2) is 5.17 Å². The van der Waals surface area contributed by atoms with Gasteiger partial charge in [-0.2, -0.15) is 5.10 Å². The number of aliphatic imine (C=N–C) groups is 1. The minimum Gasteiger partial charge on any atom is -0.462 e. The number of benzene rings is 2. The van der Waals surface area contributed by atoms with E-state index in [9.17, 15) is 9.59 Å². The lowest BCUT2D eigenvalue weighted by Crippen LogP contribution is -2.29. The topological polar surface area (TPSA) is 83.4 Å². The van der Waals surface area contributed by atoms with Gasteiger partial charge in [0, 0.05) is 23.9 Å². The van der Waals surface area contributed by atoms with Gasteiger partial charge in [0.05, 0.1) is 29.7 Å². The molecular weight excluding hydrogens is 400 g/mol.